The van der Waals surface area contributed by atoms with Crippen LogP contribution in [0.3, 0.4) is 0 Å². The molecule has 0 aliphatic carbocycles. The molecule has 0 amide bonds. The molecule has 0 saturated carbocycles. The number of piperazine rings is 1. The minimum Gasteiger partial charge on any atom is -0.369 e. The van der Waals surface area contributed by atoms with Crippen molar-refractivity contribution in [3.05, 3.63) is 29.8 Å². The molecule has 1 unspecified atom stereocenters. The Morgan fingerprint density at radius 3 is 2.57 bits per heavy atom. The van der Waals surface area contributed by atoms with E-state index < -0.39 is 0 Å². The molecule has 1 aromatic carbocycles. The van der Waals surface area contributed by atoms with Gasteiger partial charge in [-0.25, -0.2) is 0 Å². The topological polar surface area (TPSA) is 30.5 Å². The van der Waals surface area contributed by atoms with Crippen LogP contribution in [0, 0.1) is 5.92 Å². The second kappa shape index (κ2) is 8.67. The molecule has 2 aliphatic heterocycles. The van der Waals surface area contributed by atoms with Gasteiger partial charge in [0.2, 0.25) is 0 Å². The highest BCUT2D eigenvalue weighted by atomic mass is 15.3. The summed E-state index contributed by atoms with van der Waals surface area (Å²) in [7, 11) is 0. The maximum Gasteiger partial charge on any atom is 0.0367 e. The van der Waals surface area contributed by atoms with E-state index in [4.69, 9.17) is 0 Å². The van der Waals surface area contributed by atoms with Crippen LogP contribution >= 0.6 is 0 Å². The summed E-state index contributed by atoms with van der Waals surface area (Å²) in [5, 5.41) is 7.11. The van der Waals surface area contributed by atoms with Crippen LogP contribution < -0.4 is 15.5 Å². The van der Waals surface area contributed by atoms with Crippen molar-refractivity contribution in [1.82, 2.24) is 15.5 Å². The molecule has 1 aromatic rings. The fourth-order valence-electron chi connectivity index (χ4n) is 3.67. The number of likely N-dealkylation sites (N-methyl/N-ethyl adjacent to an activating group) is 1. The molecule has 2 N–H and O–H groups in total. The largest absolute Gasteiger partial charge is 0.369 e. The lowest BCUT2D eigenvalue weighted by atomic mass is 10.00. The summed E-state index contributed by atoms with van der Waals surface area (Å²) in [6, 6.07) is 9.16. The molecule has 1 atom stereocenters. The molecule has 0 bridgehead atoms. The van der Waals surface area contributed by atoms with Crippen molar-refractivity contribution in [2.24, 2.45) is 5.92 Å². The zero-order chi connectivity index (χ0) is 15.9. The fraction of sp³-hybridized carbons (Fsp3) is 0.684. The van der Waals surface area contributed by atoms with E-state index in [1.54, 1.807) is 0 Å². The predicted molar refractivity (Wildman–Crippen MR) is 98.1 cm³/mol. The van der Waals surface area contributed by atoms with Crippen LogP contribution in [-0.4, -0.2) is 57.3 Å². The second-order valence-electron chi connectivity index (χ2n) is 6.93. The highest BCUT2D eigenvalue weighted by Crippen LogP contribution is 2.17. The minimum absolute atomic E-state index is 0.804. The zero-order valence-corrected chi connectivity index (χ0v) is 14.6. The third kappa shape index (κ3) is 4.93. The molecule has 4 heteroatoms. The van der Waals surface area contributed by atoms with Gasteiger partial charge in [0.1, 0.15) is 0 Å². The van der Waals surface area contributed by atoms with Gasteiger partial charge in [0.15, 0.2) is 0 Å². The van der Waals surface area contributed by atoms with Crippen LogP contribution in [0.25, 0.3) is 0 Å². The number of nitrogens with one attached hydrogen (secondary N) is 2. The molecule has 23 heavy (non-hydrogen) atoms. The molecule has 128 valence electrons. The summed E-state index contributed by atoms with van der Waals surface area (Å²) < 4.78 is 0. The van der Waals surface area contributed by atoms with Crippen LogP contribution in [0.2, 0.25) is 0 Å². The molecular formula is C19H32N4. The summed E-state index contributed by atoms with van der Waals surface area (Å²) in [6.07, 6.45) is 2.69. The standard InChI is InChI=1S/C19H32N4/c1-2-22-10-12-23(13-11-22)19-7-5-17(6-8-19)14-21-16-18-4-3-9-20-15-18/h5-8,18,20-21H,2-4,9-16H2,1H3. The fourth-order valence-corrected chi connectivity index (χ4v) is 3.67. The van der Waals surface area contributed by atoms with Gasteiger partial charge in [0, 0.05) is 38.4 Å². The van der Waals surface area contributed by atoms with Crippen molar-refractivity contribution in [2.45, 2.75) is 26.3 Å². The van der Waals surface area contributed by atoms with Crippen molar-refractivity contribution in [1.29, 1.82) is 0 Å². The molecule has 4 nitrogen and oxygen atoms in total. The van der Waals surface area contributed by atoms with Gasteiger partial charge in [0.05, 0.1) is 0 Å². The van der Waals surface area contributed by atoms with Crippen LogP contribution in [0.5, 0.6) is 0 Å². The van der Waals surface area contributed by atoms with E-state index in [9.17, 15) is 0 Å². The summed E-state index contributed by atoms with van der Waals surface area (Å²) in [4.78, 5) is 5.03. The maximum atomic E-state index is 3.62. The maximum absolute atomic E-state index is 3.62. The Bertz CT molecular complexity index is 445. The van der Waals surface area contributed by atoms with Crippen LogP contribution in [0.15, 0.2) is 24.3 Å². The Kier molecular flexibility index (Phi) is 6.31. The molecule has 0 aromatic heterocycles. The van der Waals surface area contributed by atoms with Gasteiger partial charge in [-0.05, 0) is 62.6 Å². The molecule has 0 radical (unpaired) electrons. The van der Waals surface area contributed by atoms with E-state index in [2.05, 4.69) is 51.6 Å². The Hall–Kier alpha value is -1.10. The lowest BCUT2D eigenvalue weighted by molar-refractivity contribution is 0.271. The molecular weight excluding hydrogens is 284 g/mol. The van der Waals surface area contributed by atoms with Gasteiger partial charge in [-0.15, -0.1) is 0 Å². The molecule has 0 spiro atoms. The first-order valence-electron chi connectivity index (χ1n) is 9.33. The number of piperidine rings is 1. The average Bonchev–Trinajstić information content (AvgIpc) is 2.63. The molecule has 3 rings (SSSR count). The molecule has 2 saturated heterocycles. The zero-order valence-electron chi connectivity index (χ0n) is 14.6. The lowest BCUT2D eigenvalue weighted by Gasteiger charge is -2.35. The lowest BCUT2D eigenvalue weighted by Crippen LogP contribution is -2.46. The number of anilines is 1. The minimum atomic E-state index is 0.804. The summed E-state index contributed by atoms with van der Waals surface area (Å²) in [5.74, 6) is 0.804. The van der Waals surface area contributed by atoms with Gasteiger partial charge < -0.3 is 20.4 Å². The van der Waals surface area contributed by atoms with Crippen LogP contribution in [0.4, 0.5) is 5.69 Å². The van der Waals surface area contributed by atoms with E-state index >= 15 is 0 Å². The quantitative estimate of drug-likeness (QED) is 0.839. The van der Waals surface area contributed by atoms with Gasteiger partial charge in [-0.1, -0.05) is 19.1 Å². The highest BCUT2D eigenvalue weighted by molar-refractivity contribution is 5.48. The summed E-state index contributed by atoms with van der Waals surface area (Å²) >= 11 is 0. The molecule has 2 aliphatic rings. The van der Waals surface area contributed by atoms with Crippen molar-refractivity contribution in [2.75, 3.05) is 57.3 Å². The van der Waals surface area contributed by atoms with E-state index in [-0.39, 0.29) is 0 Å². The first-order chi connectivity index (χ1) is 11.3. The Morgan fingerprint density at radius 1 is 1.13 bits per heavy atom. The van der Waals surface area contributed by atoms with Gasteiger partial charge in [0.25, 0.3) is 0 Å². The van der Waals surface area contributed by atoms with Gasteiger partial charge in [-0.3, -0.25) is 0 Å². The smallest absolute Gasteiger partial charge is 0.0367 e. The van der Waals surface area contributed by atoms with Gasteiger partial charge in [-0.2, -0.15) is 0 Å². The van der Waals surface area contributed by atoms with E-state index in [0.29, 0.717) is 0 Å². The average molecular weight is 316 g/mol. The number of hydrogen-bond acceptors (Lipinski definition) is 4. The summed E-state index contributed by atoms with van der Waals surface area (Å²) in [5.41, 5.74) is 2.77. The normalized spacial score (nSPS) is 23.2. The molecule has 2 heterocycles. The van der Waals surface area contributed by atoms with E-state index in [0.717, 1.165) is 32.1 Å². The first kappa shape index (κ1) is 16.7. The van der Waals surface area contributed by atoms with E-state index in [1.165, 1.54) is 56.8 Å². The van der Waals surface area contributed by atoms with Crippen LogP contribution in [0.1, 0.15) is 25.3 Å². The number of rotatable bonds is 6. The Morgan fingerprint density at radius 2 is 1.91 bits per heavy atom. The third-order valence-corrected chi connectivity index (χ3v) is 5.28. The van der Waals surface area contributed by atoms with Crippen LogP contribution in [-0.2, 0) is 6.54 Å². The van der Waals surface area contributed by atoms with Crippen molar-refractivity contribution in [3.8, 4) is 0 Å². The third-order valence-electron chi connectivity index (χ3n) is 5.28. The molecule has 2 fully saturated rings. The van der Waals surface area contributed by atoms with Crippen molar-refractivity contribution >= 4 is 5.69 Å². The first-order valence-corrected chi connectivity index (χ1v) is 9.33. The highest BCUT2D eigenvalue weighted by Gasteiger charge is 2.15. The van der Waals surface area contributed by atoms with Gasteiger partial charge >= 0.3 is 0 Å². The van der Waals surface area contributed by atoms with E-state index in [1.807, 2.05) is 0 Å². The number of benzene rings is 1. The SMILES string of the molecule is CCN1CCN(c2ccc(CNCC3CCCNC3)cc2)CC1. The summed E-state index contributed by atoms with van der Waals surface area (Å²) in [6.45, 7) is 12.6. The number of hydrogen-bond donors (Lipinski definition) is 2. The van der Waals surface area contributed by atoms with Crippen molar-refractivity contribution in [3.63, 3.8) is 0 Å². The Balaban J connectivity index is 1.42. The predicted octanol–water partition coefficient (Wildman–Crippen LogP) is 1.92. The van der Waals surface area contributed by atoms with Crippen molar-refractivity contribution < 1.29 is 0 Å². The number of nitrogens with zero attached hydrogens (tertiary/aromatic N) is 2. The Labute approximate surface area is 141 Å². The monoisotopic (exact) mass is 316 g/mol. The second-order valence-corrected chi connectivity index (χ2v) is 6.93.